The van der Waals surface area contributed by atoms with Crippen molar-refractivity contribution >= 4 is 0 Å². The number of nitrogens with zero attached hydrogens (tertiary/aromatic N) is 1. The summed E-state index contributed by atoms with van der Waals surface area (Å²) in [5.41, 5.74) is 1.57. The highest BCUT2D eigenvalue weighted by Gasteiger charge is 2.09. The van der Waals surface area contributed by atoms with E-state index in [9.17, 15) is 0 Å². The first-order chi connectivity index (χ1) is 7.90. The van der Waals surface area contributed by atoms with Gasteiger partial charge in [-0.15, -0.1) is 0 Å². The molecule has 2 heteroatoms. The second kappa shape index (κ2) is 6.25. The summed E-state index contributed by atoms with van der Waals surface area (Å²) in [6, 6.07) is 2.22. The van der Waals surface area contributed by atoms with E-state index in [0.29, 0.717) is 0 Å². The third-order valence-corrected chi connectivity index (χ3v) is 2.94. The van der Waals surface area contributed by atoms with E-state index < -0.39 is 0 Å². The quantitative estimate of drug-likeness (QED) is 0.794. The van der Waals surface area contributed by atoms with Gasteiger partial charge in [-0.2, -0.15) is 0 Å². The maximum Gasteiger partial charge on any atom is 0.0245 e. The standard InChI is InChI=1S/C15H28N2/c1-6-7-13(2)11-17-9-8-14(12-17)10-16-15(3,4)5/h8-9,12-13,16H,6-7,10-11H2,1-5H3. The Labute approximate surface area is 106 Å². The SMILES string of the molecule is CCCC(C)Cn1ccc(CNC(C)(C)C)c1. The van der Waals surface area contributed by atoms with E-state index in [2.05, 4.69) is 63.0 Å². The molecule has 1 aromatic rings. The fourth-order valence-corrected chi connectivity index (χ4v) is 2.02. The van der Waals surface area contributed by atoms with E-state index in [4.69, 9.17) is 0 Å². The molecule has 1 N–H and O–H groups in total. The van der Waals surface area contributed by atoms with Crippen molar-refractivity contribution < 1.29 is 0 Å². The Hall–Kier alpha value is -0.760. The Morgan fingerprint density at radius 1 is 1.35 bits per heavy atom. The van der Waals surface area contributed by atoms with Crippen LogP contribution < -0.4 is 5.32 Å². The highest BCUT2D eigenvalue weighted by Crippen LogP contribution is 2.11. The van der Waals surface area contributed by atoms with Crippen LogP contribution in [0.3, 0.4) is 0 Å². The molecule has 98 valence electrons. The smallest absolute Gasteiger partial charge is 0.0245 e. The lowest BCUT2D eigenvalue weighted by Crippen LogP contribution is -2.34. The van der Waals surface area contributed by atoms with Crippen molar-refractivity contribution in [3.8, 4) is 0 Å². The molecular formula is C15H28N2. The Morgan fingerprint density at radius 2 is 2.06 bits per heavy atom. The zero-order chi connectivity index (χ0) is 12.9. The molecule has 1 aromatic heterocycles. The fourth-order valence-electron chi connectivity index (χ4n) is 2.02. The number of rotatable bonds is 6. The van der Waals surface area contributed by atoms with Crippen molar-refractivity contribution in [3.05, 3.63) is 24.0 Å². The van der Waals surface area contributed by atoms with Crippen molar-refractivity contribution in [1.29, 1.82) is 0 Å². The van der Waals surface area contributed by atoms with Gasteiger partial charge in [-0.3, -0.25) is 0 Å². The van der Waals surface area contributed by atoms with Gasteiger partial charge in [-0.1, -0.05) is 20.3 Å². The highest BCUT2D eigenvalue weighted by atomic mass is 15.0. The molecule has 0 radical (unpaired) electrons. The van der Waals surface area contributed by atoms with Crippen LogP contribution in [0.5, 0.6) is 0 Å². The van der Waals surface area contributed by atoms with Crippen LogP contribution in [-0.4, -0.2) is 10.1 Å². The molecular weight excluding hydrogens is 208 g/mol. The second-order valence-electron chi connectivity index (χ2n) is 6.21. The summed E-state index contributed by atoms with van der Waals surface area (Å²) in [6.45, 7) is 13.3. The van der Waals surface area contributed by atoms with Gasteiger partial charge in [0.05, 0.1) is 0 Å². The summed E-state index contributed by atoms with van der Waals surface area (Å²) in [5.74, 6) is 0.774. The van der Waals surface area contributed by atoms with Gasteiger partial charge in [0.15, 0.2) is 0 Å². The van der Waals surface area contributed by atoms with Gasteiger partial charge in [0.2, 0.25) is 0 Å². The molecule has 1 rings (SSSR count). The molecule has 1 unspecified atom stereocenters. The van der Waals surface area contributed by atoms with Crippen LogP contribution in [0.1, 0.15) is 53.0 Å². The van der Waals surface area contributed by atoms with Crippen LogP contribution in [0.15, 0.2) is 18.5 Å². The minimum atomic E-state index is 0.192. The van der Waals surface area contributed by atoms with Gasteiger partial charge in [0.25, 0.3) is 0 Å². The average Bonchev–Trinajstić information content (AvgIpc) is 2.62. The molecule has 2 nitrogen and oxygen atoms in total. The number of aromatic nitrogens is 1. The number of hydrogen-bond acceptors (Lipinski definition) is 1. The van der Waals surface area contributed by atoms with Crippen molar-refractivity contribution in [2.75, 3.05) is 0 Å². The molecule has 0 amide bonds. The molecule has 0 saturated heterocycles. The number of hydrogen-bond donors (Lipinski definition) is 1. The fraction of sp³-hybridized carbons (Fsp3) is 0.733. The van der Waals surface area contributed by atoms with Crippen LogP contribution in [0.25, 0.3) is 0 Å². The maximum atomic E-state index is 3.52. The van der Waals surface area contributed by atoms with E-state index >= 15 is 0 Å². The zero-order valence-corrected chi connectivity index (χ0v) is 12.1. The lowest BCUT2D eigenvalue weighted by Gasteiger charge is -2.20. The topological polar surface area (TPSA) is 17.0 Å². The van der Waals surface area contributed by atoms with Crippen LogP contribution in [-0.2, 0) is 13.1 Å². The molecule has 0 aliphatic heterocycles. The lowest BCUT2D eigenvalue weighted by atomic mass is 10.1. The van der Waals surface area contributed by atoms with Crippen molar-refractivity contribution in [2.45, 2.75) is 66.1 Å². The first kappa shape index (κ1) is 14.3. The predicted molar refractivity (Wildman–Crippen MR) is 75.1 cm³/mol. The van der Waals surface area contributed by atoms with Gasteiger partial charge in [0.1, 0.15) is 0 Å². The van der Waals surface area contributed by atoms with Crippen LogP contribution >= 0.6 is 0 Å². The molecule has 1 heterocycles. The van der Waals surface area contributed by atoms with Crippen molar-refractivity contribution in [1.82, 2.24) is 9.88 Å². The summed E-state index contributed by atoms with van der Waals surface area (Å²) in [4.78, 5) is 0. The Kier molecular flexibility index (Phi) is 5.26. The Bertz CT molecular complexity index is 320. The monoisotopic (exact) mass is 236 g/mol. The zero-order valence-electron chi connectivity index (χ0n) is 12.1. The van der Waals surface area contributed by atoms with Crippen LogP contribution in [0, 0.1) is 5.92 Å². The summed E-state index contributed by atoms with van der Waals surface area (Å²) < 4.78 is 2.32. The summed E-state index contributed by atoms with van der Waals surface area (Å²) in [6.07, 6.45) is 7.06. The van der Waals surface area contributed by atoms with E-state index in [-0.39, 0.29) is 5.54 Å². The maximum absolute atomic E-state index is 3.52. The molecule has 0 bridgehead atoms. The molecule has 0 spiro atoms. The highest BCUT2D eigenvalue weighted by molar-refractivity contribution is 5.10. The molecule has 0 aliphatic carbocycles. The first-order valence-electron chi connectivity index (χ1n) is 6.80. The van der Waals surface area contributed by atoms with E-state index in [0.717, 1.165) is 19.0 Å². The largest absolute Gasteiger partial charge is 0.354 e. The Balaban J connectivity index is 2.42. The number of nitrogens with one attached hydrogen (secondary N) is 1. The minimum Gasteiger partial charge on any atom is -0.354 e. The minimum absolute atomic E-state index is 0.192. The third kappa shape index (κ3) is 5.92. The predicted octanol–water partition coefficient (Wildman–Crippen LogP) is 3.81. The third-order valence-electron chi connectivity index (χ3n) is 2.94. The van der Waals surface area contributed by atoms with Crippen LogP contribution in [0.4, 0.5) is 0 Å². The lowest BCUT2D eigenvalue weighted by molar-refractivity contribution is 0.422. The molecule has 17 heavy (non-hydrogen) atoms. The Morgan fingerprint density at radius 3 is 2.65 bits per heavy atom. The van der Waals surface area contributed by atoms with Crippen molar-refractivity contribution in [2.24, 2.45) is 5.92 Å². The molecule has 0 saturated carbocycles. The average molecular weight is 236 g/mol. The second-order valence-corrected chi connectivity index (χ2v) is 6.21. The molecule has 0 fully saturated rings. The van der Waals surface area contributed by atoms with E-state index in [1.165, 1.54) is 18.4 Å². The van der Waals surface area contributed by atoms with E-state index in [1.54, 1.807) is 0 Å². The van der Waals surface area contributed by atoms with Crippen molar-refractivity contribution in [3.63, 3.8) is 0 Å². The summed E-state index contributed by atoms with van der Waals surface area (Å²) >= 11 is 0. The van der Waals surface area contributed by atoms with Crippen LogP contribution in [0.2, 0.25) is 0 Å². The van der Waals surface area contributed by atoms with E-state index in [1.807, 2.05) is 0 Å². The first-order valence-corrected chi connectivity index (χ1v) is 6.80. The summed E-state index contributed by atoms with van der Waals surface area (Å²) in [5, 5.41) is 3.52. The van der Waals surface area contributed by atoms with Gasteiger partial charge in [-0.05, 0) is 44.7 Å². The normalized spacial score (nSPS) is 13.9. The summed E-state index contributed by atoms with van der Waals surface area (Å²) in [7, 11) is 0. The van der Waals surface area contributed by atoms with Gasteiger partial charge in [0, 0.05) is 31.0 Å². The molecule has 0 aliphatic rings. The molecule has 1 atom stereocenters. The van der Waals surface area contributed by atoms with Gasteiger partial charge < -0.3 is 9.88 Å². The molecule has 0 aromatic carbocycles. The van der Waals surface area contributed by atoms with Gasteiger partial charge >= 0.3 is 0 Å². The van der Waals surface area contributed by atoms with Gasteiger partial charge in [-0.25, -0.2) is 0 Å².